The van der Waals surface area contributed by atoms with E-state index in [1.165, 1.54) is 30.5 Å². The molecule has 0 radical (unpaired) electrons. The molecule has 0 saturated heterocycles. The van der Waals surface area contributed by atoms with E-state index >= 15 is 0 Å². The molecule has 13 heavy (non-hydrogen) atoms. The highest BCUT2D eigenvalue weighted by Crippen LogP contribution is 2.06. The van der Waals surface area contributed by atoms with E-state index in [1.807, 2.05) is 0 Å². The molecule has 0 amide bonds. The van der Waals surface area contributed by atoms with Gasteiger partial charge in [0.1, 0.15) is 0 Å². The van der Waals surface area contributed by atoms with Crippen LogP contribution in [0.3, 0.4) is 0 Å². The molecule has 1 unspecified atom stereocenters. The molecule has 0 bridgehead atoms. The van der Waals surface area contributed by atoms with Crippen molar-refractivity contribution in [3.63, 3.8) is 0 Å². The van der Waals surface area contributed by atoms with Gasteiger partial charge in [-0.2, -0.15) is 0 Å². The summed E-state index contributed by atoms with van der Waals surface area (Å²) in [6.45, 7) is 0. The molecule has 1 atom stereocenters. The fourth-order valence-corrected chi connectivity index (χ4v) is 1.56. The monoisotopic (exact) mass is 199 g/mol. The first kappa shape index (κ1) is 10.2. The van der Waals surface area contributed by atoms with Crippen LogP contribution in [-0.4, -0.2) is 27.6 Å². The SMILES string of the molecule is CS(=N)(=O)c1ccc(B(O)O)cc1. The lowest BCUT2D eigenvalue weighted by Gasteiger charge is -2.02. The number of hydrogen-bond acceptors (Lipinski definition) is 4. The Kier molecular flexibility index (Phi) is 2.75. The molecule has 0 aliphatic rings. The lowest BCUT2D eigenvalue weighted by molar-refractivity contribution is 0.425. The molecule has 6 heteroatoms. The quantitative estimate of drug-likeness (QED) is 0.556. The van der Waals surface area contributed by atoms with Gasteiger partial charge in [-0.3, -0.25) is 0 Å². The standard InChI is InChI=1S/C7H10BNO3S/c1-13(9,12)7-4-2-6(3-5-7)8(10)11/h2-5,9-11H,1H3. The van der Waals surface area contributed by atoms with Gasteiger partial charge < -0.3 is 10.0 Å². The summed E-state index contributed by atoms with van der Waals surface area (Å²) in [6.07, 6.45) is 1.32. The molecule has 0 fully saturated rings. The van der Waals surface area contributed by atoms with E-state index in [9.17, 15) is 4.21 Å². The first-order chi connectivity index (χ1) is 5.91. The van der Waals surface area contributed by atoms with E-state index in [2.05, 4.69) is 0 Å². The Morgan fingerprint density at radius 2 is 1.77 bits per heavy atom. The van der Waals surface area contributed by atoms with Crippen LogP contribution in [0.25, 0.3) is 0 Å². The molecule has 0 aliphatic carbocycles. The van der Waals surface area contributed by atoms with Crippen LogP contribution in [0.2, 0.25) is 0 Å². The third-order valence-electron chi connectivity index (χ3n) is 1.63. The second kappa shape index (κ2) is 3.49. The normalized spacial score (nSPS) is 15.0. The second-order valence-electron chi connectivity index (χ2n) is 2.79. The van der Waals surface area contributed by atoms with Crippen molar-refractivity contribution in [2.24, 2.45) is 0 Å². The molecule has 0 aromatic heterocycles. The Balaban J connectivity index is 3.08. The summed E-state index contributed by atoms with van der Waals surface area (Å²) in [6, 6.07) is 5.81. The van der Waals surface area contributed by atoms with E-state index in [0.29, 0.717) is 10.4 Å². The van der Waals surface area contributed by atoms with Crippen LogP contribution < -0.4 is 5.46 Å². The van der Waals surface area contributed by atoms with Crippen molar-refractivity contribution in [1.82, 2.24) is 0 Å². The van der Waals surface area contributed by atoms with Crippen LogP contribution in [-0.2, 0) is 9.73 Å². The number of hydrogen-bond donors (Lipinski definition) is 3. The molecule has 1 rings (SSSR count). The van der Waals surface area contributed by atoms with Crippen LogP contribution in [0, 0.1) is 4.78 Å². The van der Waals surface area contributed by atoms with Crippen molar-refractivity contribution in [2.45, 2.75) is 4.90 Å². The van der Waals surface area contributed by atoms with E-state index < -0.39 is 16.8 Å². The third kappa shape index (κ3) is 2.55. The van der Waals surface area contributed by atoms with Gasteiger partial charge in [-0.05, 0) is 17.6 Å². The van der Waals surface area contributed by atoms with Gasteiger partial charge in [-0.25, -0.2) is 8.99 Å². The predicted octanol–water partition coefficient (Wildman–Crippen LogP) is -0.598. The zero-order chi connectivity index (χ0) is 10.1. The Morgan fingerprint density at radius 3 is 2.08 bits per heavy atom. The van der Waals surface area contributed by atoms with Crippen LogP contribution >= 0.6 is 0 Å². The first-order valence-corrected chi connectivity index (χ1v) is 5.58. The number of rotatable bonds is 2. The van der Waals surface area contributed by atoms with E-state index in [4.69, 9.17) is 14.8 Å². The minimum atomic E-state index is -2.71. The second-order valence-corrected chi connectivity index (χ2v) is 4.95. The van der Waals surface area contributed by atoms with Crippen LogP contribution in [0.5, 0.6) is 0 Å². The minimum Gasteiger partial charge on any atom is -0.423 e. The predicted molar refractivity (Wildman–Crippen MR) is 51.3 cm³/mol. The van der Waals surface area contributed by atoms with Gasteiger partial charge in [0.2, 0.25) is 0 Å². The van der Waals surface area contributed by atoms with E-state index in [-0.39, 0.29) is 0 Å². The molecular formula is C7H10BNO3S. The molecule has 1 aromatic rings. The third-order valence-corrected chi connectivity index (χ3v) is 2.80. The zero-order valence-corrected chi connectivity index (χ0v) is 7.91. The molecule has 70 valence electrons. The molecule has 0 spiro atoms. The molecule has 4 nitrogen and oxygen atoms in total. The van der Waals surface area contributed by atoms with Crippen molar-refractivity contribution >= 4 is 22.3 Å². The Labute approximate surface area is 77.3 Å². The highest BCUT2D eigenvalue weighted by Gasteiger charge is 2.11. The Bertz CT molecular complexity index is 385. The van der Waals surface area contributed by atoms with Gasteiger partial charge in [0.05, 0.1) is 9.73 Å². The van der Waals surface area contributed by atoms with Crippen molar-refractivity contribution in [3.05, 3.63) is 24.3 Å². The average molecular weight is 199 g/mol. The maximum Gasteiger partial charge on any atom is 0.488 e. The summed E-state index contributed by atoms with van der Waals surface area (Å²) in [5.74, 6) is 0. The van der Waals surface area contributed by atoms with Gasteiger partial charge in [-0.15, -0.1) is 0 Å². The number of nitrogens with one attached hydrogen (secondary N) is 1. The molecular weight excluding hydrogens is 189 g/mol. The van der Waals surface area contributed by atoms with E-state index in [0.717, 1.165) is 0 Å². The van der Waals surface area contributed by atoms with Gasteiger partial charge >= 0.3 is 7.12 Å². The van der Waals surface area contributed by atoms with Gasteiger partial charge in [-0.1, -0.05) is 12.1 Å². The Morgan fingerprint density at radius 1 is 1.31 bits per heavy atom. The van der Waals surface area contributed by atoms with Gasteiger partial charge in [0.25, 0.3) is 0 Å². The largest absolute Gasteiger partial charge is 0.488 e. The maximum absolute atomic E-state index is 11.2. The smallest absolute Gasteiger partial charge is 0.423 e. The van der Waals surface area contributed by atoms with Gasteiger partial charge in [0.15, 0.2) is 0 Å². The fourth-order valence-electron chi connectivity index (χ4n) is 0.900. The Hall–Kier alpha value is -0.845. The van der Waals surface area contributed by atoms with Crippen molar-refractivity contribution in [1.29, 1.82) is 4.78 Å². The minimum absolute atomic E-state index is 0.326. The van der Waals surface area contributed by atoms with Crippen molar-refractivity contribution in [2.75, 3.05) is 6.26 Å². The summed E-state index contributed by atoms with van der Waals surface area (Å²) in [5.41, 5.74) is 0.326. The van der Waals surface area contributed by atoms with Crippen LogP contribution in [0.15, 0.2) is 29.2 Å². The average Bonchev–Trinajstić information content (AvgIpc) is 2.03. The van der Waals surface area contributed by atoms with Crippen LogP contribution in [0.4, 0.5) is 0 Å². The lowest BCUT2D eigenvalue weighted by atomic mass is 9.81. The lowest BCUT2D eigenvalue weighted by Crippen LogP contribution is -2.29. The summed E-state index contributed by atoms with van der Waals surface area (Å²) in [5, 5.41) is 17.5. The zero-order valence-electron chi connectivity index (χ0n) is 7.10. The first-order valence-electron chi connectivity index (χ1n) is 3.61. The maximum atomic E-state index is 11.2. The van der Waals surface area contributed by atoms with Crippen LogP contribution in [0.1, 0.15) is 0 Å². The van der Waals surface area contributed by atoms with Crippen molar-refractivity contribution in [3.8, 4) is 0 Å². The highest BCUT2D eigenvalue weighted by atomic mass is 32.2. The summed E-state index contributed by atoms with van der Waals surface area (Å²) in [4.78, 5) is 0.386. The molecule has 0 heterocycles. The highest BCUT2D eigenvalue weighted by molar-refractivity contribution is 7.91. The molecule has 0 aliphatic heterocycles. The van der Waals surface area contributed by atoms with E-state index in [1.54, 1.807) is 0 Å². The topological polar surface area (TPSA) is 81.4 Å². The van der Waals surface area contributed by atoms with Crippen molar-refractivity contribution < 1.29 is 14.3 Å². The summed E-state index contributed by atoms with van der Waals surface area (Å²) >= 11 is 0. The number of benzene rings is 1. The van der Waals surface area contributed by atoms with Gasteiger partial charge in [0, 0.05) is 11.2 Å². The summed E-state index contributed by atoms with van der Waals surface area (Å²) in [7, 11) is -4.23. The molecule has 3 N–H and O–H groups in total. The fraction of sp³-hybridized carbons (Fsp3) is 0.143. The molecule has 0 saturated carbocycles. The molecule has 1 aromatic carbocycles. The summed E-state index contributed by atoms with van der Waals surface area (Å²) < 4.78 is 18.5.